The molecule has 0 saturated carbocycles. The Balaban J connectivity index is 2.10. The molecule has 1 aromatic heterocycles. The second-order valence-corrected chi connectivity index (χ2v) is 5.18. The maximum absolute atomic E-state index is 11.7. The average Bonchev–Trinajstić information content (AvgIpc) is 2.40. The Morgan fingerprint density at radius 2 is 1.89 bits per heavy atom. The number of halogens is 1. The molecule has 4 heteroatoms. The first-order valence-corrected chi connectivity index (χ1v) is 7.51. The number of rotatable bonds is 9. The van der Waals surface area contributed by atoms with E-state index >= 15 is 0 Å². The van der Waals surface area contributed by atoms with E-state index in [1.165, 1.54) is 32.1 Å². The maximum Gasteiger partial charge on any atom is 0.224 e. The van der Waals surface area contributed by atoms with Crippen LogP contribution in [0.5, 0.6) is 0 Å². The predicted octanol–water partition coefficient (Wildman–Crippen LogP) is 4.81. The zero-order valence-electron chi connectivity index (χ0n) is 11.6. The number of nitrogens with zero attached hydrogens (tertiary/aromatic N) is 1. The zero-order valence-corrected chi connectivity index (χ0v) is 12.4. The number of carbonyl (C=O) groups excluding carboxylic acids is 1. The van der Waals surface area contributed by atoms with E-state index in [0.717, 1.165) is 12.8 Å². The van der Waals surface area contributed by atoms with Crippen molar-refractivity contribution in [3.05, 3.63) is 23.5 Å². The SMILES string of the molecule is CCCCCCCCCC(=O)Nc1cnccc1Cl. The number of carbonyl (C=O) groups is 1. The summed E-state index contributed by atoms with van der Waals surface area (Å²) in [4.78, 5) is 15.6. The Bertz CT molecular complexity index is 382. The average molecular weight is 283 g/mol. The van der Waals surface area contributed by atoms with Crippen molar-refractivity contribution in [2.24, 2.45) is 0 Å². The largest absolute Gasteiger partial charge is 0.324 e. The zero-order chi connectivity index (χ0) is 13.9. The van der Waals surface area contributed by atoms with Crippen LogP contribution in [-0.4, -0.2) is 10.9 Å². The highest BCUT2D eigenvalue weighted by atomic mass is 35.5. The summed E-state index contributed by atoms with van der Waals surface area (Å²) in [6, 6.07) is 1.67. The Morgan fingerprint density at radius 1 is 1.21 bits per heavy atom. The molecule has 0 spiro atoms. The minimum atomic E-state index is 0.0171. The van der Waals surface area contributed by atoms with Gasteiger partial charge in [0.25, 0.3) is 0 Å². The van der Waals surface area contributed by atoms with E-state index in [2.05, 4.69) is 17.2 Å². The second kappa shape index (κ2) is 9.79. The summed E-state index contributed by atoms with van der Waals surface area (Å²) >= 11 is 5.95. The molecule has 0 unspecified atom stereocenters. The first-order chi connectivity index (χ1) is 9.24. The van der Waals surface area contributed by atoms with Crippen molar-refractivity contribution in [2.45, 2.75) is 58.3 Å². The molecule has 0 aliphatic rings. The Labute approximate surface area is 120 Å². The van der Waals surface area contributed by atoms with E-state index in [9.17, 15) is 4.79 Å². The van der Waals surface area contributed by atoms with Gasteiger partial charge in [-0.15, -0.1) is 0 Å². The Morgan fingerprint density at radius 3 is 2.58 bits per heavy atom. The highest BCUT2D eigenvalue weighted by molar-refractivity contribution is 6.33. The van der Waals surface area contributed by atoms with E-state index in [4.69, 9.17) is 11.6 Å². The lowest BCUT2D eigenvalue weighted by Gasteiger charge is -2.06. The van der Waals surface area contributed by atoms with Crippen LogP contribution in [-0.2, 0) is 4.79 Å². The summed E-state index contributed by atoms with van der Waals surface area (Å²) in [5.41, 5.74) is 0.595. The molecule has 0 atom stereocenters. The molecular formula is C15H23ClN2O. The molecule has 0 aromatic carbocycles. The van der Waals surface area contributed by atoms with Crippen LogP contribution in [0.2, 0.25) is 5.02 Å². The number of unbranched alkanes of at least 4 members (excludes halogenated alkanes) is 6. The number of amides is 1. The smallest absolute Gasteiger partial charge is 0.224 e. The van der Waals surface area contributed by atoms with E-state index in [-0.39, 0.29) is 5.91 Å². The maximum atomic E-state index is 11.7. The first-order valence-electron chi connectivity index (χ1n) is 7.13. The minimum absolute atomic E-state index is 0.0171. The van der Waals surface area contributed by atoms with E-state index < -0.39 is 0 Å². The first kappa shape index (κ1) is 16.0. The van der Waals surface area contributed by atoms with Crippen LogP contribution in [0.3, 0.4) is 0 Å². The fourth-order valence-corrected chi connectivity index (χ4v) is 2.08. The summed E-state index contributed by atoms with van der Waals surface area (Å²) in [7, 11) is 0. The molecule has 1 rings (SSSR count). The molecular weight excluding hydrogens is 260 g/mol. The molecule has 1 aromatic rings. The number of pyridine rings is 1. The summed E-state index contributed by atoms with van der Waals surface area (Å²) in [6.45, 7) is 2.22. The topological polar surface area (TPSA) is 42.0 Å². The third kappa shape index (κ3) is 7.16. The summed E-state index contributed by atoms with van der Waals surface area (Å²) in [6.07, 6.45) is 12.2. The van der Waals surface area contributed by atoms with Crippen molar-refractivity contribution >= 4 is 23.2 Å². The van der Waals surface area contributed by atoms with Crippen molar-refractivity contribution < 1.29 is 4.79 Å². The van der Waals surface area contributed by atoms with Gasteiger partial charge in [0.2, 0.25) is 5.91 Å². The number of anilines is 1. The van der Waals surface area contributed by atoms with Crippen molar-refractivity contribution in [3.63, 3.8) is 0 Å². The van der Waals surface area contributed by atoms with Crippen molar-refractivity contribution in [1.82, 2.24) is 4.98 Å². The van der Waals surface area contributed by atoms with Gasteiger partial charge in [-0.3, -0.25) is 9.78 Å². The summed E-state index contributed by atoms with van der Waals surface area (Å²) < 4.78 is 0. The van der Waals surface area contributed by atoms with Crippen molar-refractivity contribution in [2.75, 3.05) is 5.32 Å². The molecule has 1 amide bonds. The van der Waals surface area contributed by atoms with Gasteiger partial charge in [0.05, 0.1) is 16.9 Å². The lowest BCUT2D eigenvalue weighted by molar-refractivity contribution is -0.116. The van der Waals surface area contributed by atoms with E-state index in [1.807, 2.05) is 0 Å². The third-order valence-electron chi connectivity index (χ3n) is 3.05. The second-order valence-electron chi connectivity index (χ2n) is 4.78. The Kier molecular flexibility index (Phi) is 8.23. The molecule has 19 heavy (non-hydrogen) atoms. The van der Waals surface area contributed by atoms with Gasteiger partial charge in [-0.2, -0.15) is 0 Å². The van der Waals surface area contributed by atoms with Crippen LogP contribution in [0.15, 0.2) is 18.5 Å². The highest BCUT2D eigenvalue weighted by Gasteiger charge is 2.05. The van der Waals surface area contributed by atoms with Gasteiger partial charge in [0, 0.05) is 12.6 Å². The molecule has 0 aliphatic heterocycles. The van der Waals surface area contributed by atoms with Gasteiger partial charge >= 0.3 is 0 Å². The molecule has 1 N–H and O–H groups in total. The molecule has 1 heterocycles. The van der Waals surface area contributed by atoms with E-state index in [0.29, 0.717) is 17.1 Å². The quantitative estimate of drug-likeness (QED) is 0.660. The fraction of sp³-hybridized carbons (Fsp3) is 0.600. The standard InChI is InChI=1S/C15H23ClN2O/c1-2-3-4-5-6-7-8-9-15(19)18-14-12-17-11-10-13(14)16/h10-12H,2-9H2,1H3,(H,18,19). The van der Waals surface area contributed by atoms with Gasteiger partial charge in [0.1, 0.15) is 0 Å². The summed E-state index contributed by atoms with van der Waals surface area (Å²) in [5.74, 6) is 0.0171. The number of nitrogens with one attached hydrogen (secondary N) is 1. The van der Waals surface area contributed by atoms with Gasteiger partial charge in [-0.25, -0.2) is 0 Å². The van der Waals surface area contributed by atoms with Crippen molar-refractivity contribution in [1.29, 1.82) is 0 Å². The van der Waals surface area contributed by atoms with Gasteiger partial charge in [0.15, 0.2) is 0 Å². The number of aromatic nitrogens is 1. The van der Waals surface area contributed by atoms with Crippen LogP contribution in [0.4, 0.5) is 5.69 Å². The monoisotopic (exact) mass is 282 g/mol. The fourth-order valence-electron chi connectivity index (χ4n) is 1.92. The van der Waals surface area contributed by atoms with Crippen LogP contribution in [0, 0.1) is 0 Å². The highest BCUT2D eigenvalue weighted by Crippen LogP contribution is 2.19. The lowest BCUT2D eigenvalue weighted by atomic mass is 10.1. The molecule has 3 nitrogen and oxygen atoms in total. The lowest BCUT2D eigenvalue weighted by Crippen LogP contribution is -2.11. The van der Waals surface area contributed by atoms with Crippen LogP contribution < -0.4 is 5.32 Å². The van der Waals surface area contributed by atoms with E-state index in [1.54, 1.807) is 18.5 Å². The molecule has 0 fully saturated rings. The summed E-state index contributed by atoms with van der Waals surface area (Å²) in [5, 5.41) is 3.32. The van der Waals surface area contributed by atoms with Crippen LogP contribution in [0.25, 0.3) is 0 Å². The third-order valence-corrected chi connectivity index (χ3v) is 3.38. The number of hydrogen-bond donors (Lipinski definition) is 1. The van der Waals surface area contributed by atoms with Crippen molar-refractivity contribution in [3.8, 4) is 0 Å². The molecule has 0 aliphatic carbocycles. The Hall–Kier alpha value is -1.09. The predicted molar refractivity (Wildman–Crippen MR) is 80.5 cm³/mol. The molecule has 0 saturated heterocycles. The van der Waals surface area contributed by atoms with Gasteiger partial charge < -0.3 is 5.32 Å². The molecule has 0 bridgehead atoms. The molecule has 0 radical (unpaired) electrons. The van der Waals surface area contributed by atoms with Crippen LogP contribution >= 0.6 is 11.6 Å². The van der Waals surface area contributed by atoms with Crippen LogP contribution in [0.1, 0.15) is 58.3 Å². The number of hydrogen-bond acceptors (Lipinski definition) is 2. The normalized spacial score (nSPS) is 10.4. The van der Waals surface area contributed by atoms with Gasteiger partial charge in [-0.1, -0.05) is 57.0 Å². The minimum Gasteiger partial charge on any atom is -0.324 e. The van der Waals surface area contributed by atoms with Gasteiger partial charge in [-0.05, 0) is 12.5 Å². The molecule has 106 valence electrons.